The predicted molar refractivity (Wildman–Crippen MR) is 54.4 cm³/mol. The topological polar surface area (TPSA) is 113 Å². The number of ether oxygens (including phenoxy) is 1. The first-order valence-corrected chi connectivity index (χ1v) is 6.55. The summed E-state index contributed by atoms with van der Waals surface area (Å²) in [5, 5.41) is 17.3. The molecule has 8 heteroatoms. The number of carboxylic acid groups (broad SMARTS) is 1. The van der Waals surface area contributed by atoms with Crippen LogP contribution in [0.15, 0.2) is 0 Å². The third kappa shape index (κ3) is 4.05. The van der Waals surface area contributed by atoms with Crippen LogP contribution in [0.1, 0.15) is 12.8 Å². The number of aliphatic carboxylic acids is 1. The van der Waals surface area contributed by atoms with Crippen LogP contribution in [0.2, 0.25) is 0 Å². The summed E-state index contributed by atoms with van der Waals surface area (Å²) in [7, 11) is -3.74. The van der Waals surface area contributed by atoms with Crippen molar-refractivity contribution in [2.75, 3.05) is 19.0 Å². The zero-order valence-corrected chi connectivity index (χ0v) is 9.44. The molecule has 0 bridgehead atoms. The normalized spacial score (nSPS) is 23.2. The SMILES string of the molecule is O=C(O)C(CO)NS(=O)(=O)CC1CCCO1. The standard InChI is InChI=1S/C8H15NO6S/c10-4-7(8(11)12)9-16(13,14)5-6-2-1-3-15-6/h6-7,9-10H,1-5H2,(H,11,12). The van der Waals surface area contributed by atoms with Crippen LogP contribution in [-0.2, 0) is 19.6 Å². The van der Waals surface area contributed by atoms with Gasteiger partial charge >= 0.3 is 5.97 Å². The Hall–Kier alpha value is -0.700. The molecule has 7 nitrogen and oxygen atoms in total. The lowest BCUT2D eigenvalue weighted by Gasteiger charge is -2.14. The fourth-order valence-corrected chi connectivity index (χ4v) is 2.91. The molecule has 1 heterocycles. The van der Waals surface area contributed by atoms with Gasteiger partial charge in [0.1, 0.15) is 6.04 Å². The molecule has 0 amide bonds. The predicted octanol–water partition coefficient (Wildman–Crippen LogP) is -1.47. The van der Waals surface area contributed by atoms with Crippen LogP contribution in [0.25, 0.3) is 0 Å². The molecule has 16 heavy (non-hydrogen) atoms. The Morgan fingerprint density at radius 1 is 1.56 bits per heavy atom. The molecule has 2 atom stereocenters. The maximum atomic E-state index is 11.5. The minimum absolute atomic E-state index is 0.267. The lowest BCUT2D eigenvalue weighted by molar-refractivity contribution is -0.139. The van der Waals surface area contributed by atoms with Gasteiger partial charge in [0, 0.05) is 6.61 Å². The van der Waals surface area contributed by atoms with Crippen molar-refractivity contribution in [3.63, 3.8) is 0 Å². The Morgan fingerprint density at radius 3 is 2.69 bits per heavy atom. The Balaban J connectivity index is 2.52. The van der Waals surface area contributed by atoms with Crippen LogP contribution >= 0.6 is 0 Å². The Labute approximate surface area is 93.5 Å². The molecule has 3 N–H and O–H groups in total. The van der Waals surface area contributed by atoms with E-state index in [1.54, 1.807) is 0 Å². The van der Waals surface area contributed by atoms with Gasteiger partial charge in [-0.2, -0.15) is 4.72 Å². The minimum Gasteiger partial charge on any atom is -0.480 e. The lowest BCUT2D eigenvalue weighted by Crippen LogP contribution is -2.45. The van der Waals surface area contributed by atoms with Crippen LogP contribution in [0.3, 0.4) is 0 Å². The van der Waals surface area contributed by atoms with Crippen molar-refractivity contribution in [1.82, 2.24) is 4.72 Å². The van der Waals surface area contributed by atoms with E-state index in [4.69, 9.17) is 14.9 Å². The second-order valence-corrected chi connectivity index (χ2v) is 5.41. The molecule has 1 fully saturated rings. The molecule has 1 aliphatic rings. The smallest absolute Gasteiger partial charge is 0.324 e. The van der Waals surface area contributed by atoms with Crippen molar-refractivity contribution < 1.29 is 28.2 Å². The van der Waals surface area contributed by atoms with Gasteiger partial charge in [-0.25, -0.2) is 8.42 Å². The fourth-order valence-electron chi connectivity index (χ4n) is 1.45. The van der Waals surface area contributed by atoms with Gasteiger partial charge in [-0.3, -0.25) is 4.79 Å². The molecule has 0 aromatic rings. The third-order valence-corrected chi connectivity index (χ3v) is 3.69. The first-order chi connectivity index (χ1) is 7.44. The second-order valence-electron chi connectivity index (χ2n) is 3.61. The number of aliphatic hydroxyl groups excluding tert-OH is 1. The second kappa shape index (κ2) is 5.58. The van der Waals surface area contributed by atoms with Gasteiger partial charge in [-0.15, -0.1) is 0 Å². The summed E-state index contributed by atoms with van der Waals surface area (Å²) in [4.78, 5) is 10.5. The van der Waals surface area contributed by atoms with Gasteiger partial charge in [0.2, 0.25) is 10.0 Å². The fraction of sp³-hybridized carbons (Fsp3) is 0.875. The molecular formula is C8H15NO6S. The van der Waals surface area contributed by atoms with Crippen molar-refractivity contribution in [1.29, 1.82) is 0 Å². The number of carboxylic acids is 1. The maximum Gasteiger partial charge on any atom is 0.324 e. The van der Waals surface area contributed by atoms with Crippen LogP contribution in [0.4, 0.5) is 0 Å². The first-order valence-electron chi connectivity index (χ1n) is 4.90. The average molecular weight is 253 g/mol. The minimum atomic E-state index is -3.74. The van der Waals surface area contributed by atoms with Crippen LogP contribution in [0.5, 0.6) is 0 Å². The molecule has 0 spiro atoms. The summed E-state index contributed by atoms with van der Waals surface area (Å²) in [6, 6.07) is -1.49. The van der Waals surface area contributed by atoms with E-state index in [9.17, 15) is 13.2 Å². The van der Waals surface area contributed by atoms with E-state index in [1.165, 1.54) is 0 Å². The molecule has 0 aromatic carbocycles. The number of carbonyl (C=O) groups is 1. The summed E-state index contributed by atoms with van der Waals surface area (Å²) in [6.07, 6.45) is 1.07. The summed E-state index contributed by atoms with van der Waals surface area (Å²) < 4.78 is 30.0. The van der Waals surface area contributed by atoms with Crippen molar-refractivity contribution >= 4 is 16.0 Å². The van der Waals surface area contributed by atoms with Crippen molar-refractivity contribution in [2.45, 2.75) is 25.0 Å². The molecule has 0 aliphatic carbocycles. The Kier molecular flexibility index (Phi) is 4.66. The van der Waals surface area contributed by atoms with E-state index >= 15 is 0 Å². The average Bonchev–Trinajstić information content (AvgIpc) is 2.65. The Bertz CT molecular complexity index is 334. The number of rotatable bonds is 6. The highest BCUT2D eigenvalue weighted by Gasteiger charge is 2.27. The Morgan fingerprint density at radius 2 is 2.25 bits per heavy atom. The highest BCUT2D eigenvalue weighted by molar-refractivity contribution is 7.89. The van der Waals surface area contributed by atoms with Gasteiger partial charge in [0.05, 0.1) is 18.5 Å². The summed E-state index contributed by atoms with van der Waals surface area (Å²) in [5.41, 5.74) is 0. The van der Waals surface area contributed by atoms with Crippen molar-refractivity contribution in [3.8, 4) is 0 Å². The van der Waals surface area contributed by atoms with Crippen LogP contribution < -0.4 is 4.72 Å². The quantitative estimate of drug-likeness (QED) is 0.532. The van der Waals surface area contributed by atoms with Crippen molar-refractivity contribution in [3.05, 3.63) is 0 Å². The van der Waals surface area contributed by atoms with Crippen LogP contribution in [-0.4, -0.2) is 55.7 Å². The number of sulfonamides is 1. The first kappa shape index (κ1) is 13.4. The number of hydrogen-bond donors (Lipinski definition) is 3. The molecule has 0 radical (unpaired) electrons. The van der Waals surface area contributed by atoms with Gasteiger partial charge in [0.25, 0.3) is 0 Å². The molecule has 1 saturated heterocycles. The molecule has 1 aliphatic heterocycles. The van der Waals surface area contributed by atoms with Gasteiger partial charge in [-0.1, -0.05) is 0 Å². The summed E-state index contributed by atoms with van der Waals surface area (Å²) in [6.45, 7) is -0.247. The van der Waals surface area contributed by atoms with E-state index in [0.29, 0.717) is 13.0 Å². The number of nitrogens with one attached hydrogen (secondary N) is 1. The molecule has 2 unspecified atom stereocenters. The molecule has 0 aromatic heterocycles. The largest absolute Gasteiger partial charge is 0.480 e. The maximum absolute atomic E-state index is 11.5. The van der Waals surface area contributed by atoms with Gasteiger partial charge in [-0.05, 0) is 12.8 Å². The highest BCUT2D eigenvalue weighted by Crippen LogP contribution is 2.13. The van der Waals surface area contributed by atoms with E-state index < -0.39 is 28.6 Å². The molecule has 1 rings (SSSR count). The van der Waals surface area contributed by atoms with E-state index in [0.717, 1.165) is 6.42 Å². The summed E-state index contributed by atoms with van der Waals surface area (Å²) >= 11 is 0. The lowest BCUT2D eigenvalue weighted by atomic mass is 10.3. The number of aliphatic hydroxyl groups is 1. The zero-order valence-electron chi connectivity index (χ0n) is 8.63. The molecular weight excluding hydrogens is 238 g/mol. The van der Waals surface area contributed by atoms with E-state index in [2.05, 4.69) is 0 Å². The summed E-state index contributed by atoms with van der Waals surface area (Å²) in [5.74, 6) is -1.67. The third-order valence-electron chi connectivity index (χ3n) is 2.23. The molecule has 0 saturated carbocycles. The van der Waals surface area contributed by atoms with Crippen molar-refractivity contribution in [2.24, 2.45) is 0 Å². The van der Waals surface area contributed by atoms with Gasteiger partial charge < -0.3 is 14.9 Å². The van der Waals surface area contributed by atoms with E-state index in [1.807, 2.05) is 4.72 Å². The zero-order chi connectivity index (χ0) is 12.2. The highest BCUT2D eigenvalue weighted by atomic mass is 32.2. The van der Waals surface area contributed by atoms with Gasteiger partial charge in [0.15, 0.2) is 0 Å². The monoisotopic (exact) mass is 253 g/mol. The molecule has 94 valence electrons. The van der Waals surface area contributed by atoms with Crippen LogP contribution in [0, 0.1) is 0 Å². The number of hydrogen-bond acceptors (Lipinski definition) is 5. The van der Waals surface area contributed by atoms with E-state index in [-0.39, 0.29) is 11.9 Å².